The summed E-state index contributed by atoms with van der Waals surface area (Å²) in [5.41, 5.74) is 9.51. The Labute approximate surface area is 244 Å². The molecule has 5 aromatic rings. The van der Waals surface area contributed by atoms with E-state index in [0.29, 0.717) is 44.8 Å². The number of aromatic nitrogens is 2. The van der Waals surface area contributed by atoms with Crippen LogP contribution in [0.25, 0.3) is 33.2 Å². The van der Waals surface area contributed by atoms with Crippen molar-refractivity contribution in [3.8, 4) is 28.1 Å². The van der Waals surface area contributed by atoms with Crippen molar-refractivity contribution < 1.29 is 26.7 Å². The quantitative estimate of drug-likeness (QED) is 0.217. The van der Waals surface area contributed by atoms with Gasteiger partial charge in [-0.1, -0.05) is 23.7 Å². The summed E-state index contributed by atoms with van der Waals surface area (Å²) in [4.78, 5) is 20.0. The molecule has 0 saturated heterocycles. The van der Waals surface area contributed by atoms with Crippen LogP contribution in [0.2, 0.25) is 5.02 Å². The first-order valence-electron chi connectivity index (χ1n) is 12.3. The molecule has 0 fully saturated rings. The third-order valence-electron chi connectivity index (χ3n) is 6.40. The maximum atomic E-state index is 14.3. The Bertz CT molecular complexity index is 1990. The lowest BCUT2D eigenvalue weighted by molar-refractivity contribution is 0.0963. The van der Waals surface area contributed by atoms with Gasteiger partial charge in [0.1, 0.15) is 28.0 Å². The summed E-state index contributed by atoms with van der Waals surface area (Å²) in [5.74, 6) is -2.27. The number of anilines is 2. The summed E-state index contributed by atoms with van der Waals surface area (Å²) < 4.78 is 60.9. The minimum Gasteiger partial charge on any atom is -0.480 e. The minimum atomic E-state index is -4.45. The third kappa shape index (κ3) is 5.54. The summed E-state index contributed by atoms with van der Waals surface area (Å²) in [5, 5.41) is 3.49. The van der Waals surface area contributed by atoms with E-state index in [1.165, 1.54) is 26.4 Å². The van der Waals surface area contributed by atoms with Crippen molar-refractivity contribution in [3.63, 3.8) is 0 Å². The number of nitrogens with zero attached hydrogens (tertiary/aromatic N) is 2. The number of nitrogens with two attached hydrogens (primary N) is 1. The molecule has 0 unspecified atom stereocenters. The molecule has 2 aromatic heterocycles. The highest BCUT2D eigenvalue weighted by molar-refractivity contribution is 7.92. The van der Waals surface area contributed by atoms with Crippen LogP contribution >= 0.6 is 11.6 Å². The van der Waals surface area contributed by atoms with Gasteiger partial charge < -0.3 is 15.8 Å². The molecular weight excluding hydrogens is 588 g/mol. The van der Waals surface area contributed by atoms with Gasteiger partial charge in [0.25, 0.3) is 15.9 Å². The second kappa shape index (κ2) is 11.2. The number of nitrogen functional groups attached to an aromatic ring is 1. The predicted molar refractivity (Wildman–Crippen MR) is 157 cm³/mol. The van der Waals surface area contributed by atoms with Crippen LogP contribution in [0, 0.1) is 11.6 Å². The van der Waals surface area contributed by atoms with Crippen molar-refractivity contribution in [1.82, 2.24) is 15.3 Å². The molecule has 0 saturated carbocycles. The zero-order valence-corrected chi connectivity index (χ0v) is 23.6. The Morgan fingerprint density at radius 1 is 0.976 bits per heavy atom. The van der Waals surface area contributed by atoms with Crippen LogP contribution in [0.15, 0.2) is 77.8 Å². The van der Waals surface area contributed by atoms with Gasteiger partial charge in [-0.15, -0.1) is 0 Å². The Morgan fingerprint density at radius 2 is 1.74 bits per heavy atom. The van der Waals surface area contributed by atoms with Gasteiger partial charge in [-0.05, 0) is 59.7 Å². The lowest BCUT2D eigenvalue weighted by Gasteiger charge is -2.14. The molecule has 0 spiro atoms. The van der Waals surface area contributed by atoms with Gasteiger partial charge in [0.15, 0.2) is 0 Å². The van der Waals surface area contributed by atoms with E-state index in [-0.39, 0.29) is 28.3 Å². The number of rotatable bonds is 7. The number of hydrogen-bond donors (Lipinski definition) is 3. The van der Waals surface area contributed by atoms with E-state index in [1.807, 2.05) is 12.1 Å². The second-order valence-electron chi connectivity index (χ2n) is 9.06. The van der Waals surface area contributed by atoms with Crippen LogP contribution in [0.4, 0.5) is 20.3 Å². The normalized spacial score (nSPS) is 11.4. The van der Waals surface area contributed by atoms with E-state index in [1.54, 1.807) is 30.3 Å². The molecule has 2 heterocycles. The van der Waals surface area contributed by atoms with E-state index < -0.39 is 26.6 Å². The SMILES string of the molecule is CNC(=O)c1ccc(-c2cc3cc(-c4cnc(OC)c(NS(=O)(=O)c5ccc(F)cc5F)c4)ccc3nc2N)cc1Cl. The molecule has 4 N–H and O–H groups in total. The standard InChI is InChI=1S/C29H22ClF2N5O4S/c1-34-28(38)20-6-3-16(11-22(20)30)21-10-17-9-15(4-7-24(17)36-27(21)33)18-12-25(29(41-2)35-14-18)37-42(39,40)26-8-5-19(31)13-23(26)32/h3-14,37H,1-2H3,(H2,33,36)(H,34,38). The van der Waals surface area contributed by atoms with E-state index in [9.17, 15) is 22.0 Å². The summed E-state index contributed by atoms with van der Waals surface area (Å²) in [6.45, 7) is 0. The third-order valence-corrected chi connectivity index (χ3v) is 8.11. The molecule has 0 aliphatic heterocycles. The van der Waals surface area contributed by atoms with Gasteiger partial charge in [0.05, 0.1) is 23.2 Å². The number of halogens is 3. The number of amides is 1. The van der Waals surface area contributed by atoms with Gasteiger partial charge in [0, 0.05) is 35.8 Å². The molecule has 1 amide bonds. The van der Waals surface area contributed by atoms with Gasteiger partial charge in [-0.25, -0.2) is 27.2 Å². The monoisotopic (exact) mass is 609 g/mol. The van der Waals surface area contributed by atoms with Crippen molar-refractivity contribution in [3.05, 3.63) is 95.1 Å². The molecule has 42 heavy (non-hydrogen) atoms. The second-order valence-corrected chi connectivity index (χ2v) is 11.1. The highest BCUT2D eigenvalue weighted by atomic mass is 35.5. The van der Waals surface area contributed by atoms with Gasteiger partial charge in [0.2, 0.25) is 5.88 Å². The number of nitrogens with one attached hydrogen (secondary N) is 2. The highest BCUT2D eigenvalue weighted by Crippen LogP contribution is 2.35. The molecule has 0 radical (unpaired) electrons. The first kappa shape index (κ1) is 28.7. The summed E-state index contributed by atoms with van der Waals surface area (Å²) in [7, 11) is -1.64. The van der Waals surface area contributed by atoms with Crippen LogP contribution < -0.4 is 20.5 Å². The van der Waals surface area contributed by atoms with E-state index >= 15 is 0 Å². The number of sulfonamides is 1. The molecule has 5 rings (SSSR count). The molecule has 0 aliphatic rings. The Hall–Kier alpha value is -4.81. The van der Waals surface area contributed by atoms with E-state index in [4.69, 9.17) is 22.1 Å². The molecule has 13 heteroatoms. The maximum absolute atomic E-state index is 14.3. The van der Waals surface area contributed by atoms with E-state index in [0.717, 1.165) is 12.1 Å². The molecule has 0 bridgehead atoms. The fraction of sp³-hybridized carbons (Fsp3) is 0.0690. The number of fused-ring (bicyclic) bond motifs is 1. The number of benzene rings is 3. The van der Waals surface area contributed by atoms with E-state index in [2.05, 4.69) is 20.0 Å². The topological polar surface area (TPSA) is 136 Å². The average Bonchev–Trinajstić information content (AvgIpc) is 2.95. The molecule has 214 valence electrons. The van der Waals surface area contributed by atoms with Crippen LogP contribution in [0.5, 0.6) is 5.88 Å². The number of carbonyl (C=O) groups is 1. The lowest BCUT2D eigenvalue weighted by Crippen LogP contribution is -2.18. The number of carbonyl (C=O) groups excluding carboxylic acids is 1. The van der Waals surface area contributed by atoms with Crippen molar-refractivity contribution in [1.29, 1.82) is 0 Å². The van der Waals surface area contributed by atoms with Crippen molar-refractivity contribution in [2.75, 3.05) is 24.6 Å². The summed E-state index contributed by atoms with van der Waals surface area (Å²) in [6, 6.07) is 15.7. The minimum absolute atomic E-state index is 0.0548. The summed E-state index contributed by atoms with van der Waals surface area (Å²) in [6.07, 6.45) is 1.49. The Kier molecular flexibility index (Phi) is 7.67. The zero-order chi connectivity index (χ0) is 30.2. The number of hydrogen-bond acceptors (Lipinski definition) is 7. The number of ether oxygens (including phenoxy) is 1. The van der Waals surface area contributed by atoms with Crippen LogP contribution in [-0.2, 0) is 10.0 Å². The zero-order valence-electron chi connectivity index (χ0n) is 22.1. The van der Waals surface area contributed by atoms with Crippen molar-refractivity contribution in [2.45, 2.75) is 4.90 Å². The number of methoxy groups -OCH3 is 1. The molecule has 3 aromatic carbocycles. The van der Waals surface area contributed by atoms with Crippen LogP contribution in [-0.4, -0.2) is 38.5 Å². The van der Waals surface area contributed by atoms with Crippen LogP contribution in [0.1, 0.15) is 10.4 Å². The first-order chi connectivity index (χ1) is 20.0. The number of pyridine rings is 2. The fourth-order valence-electron chi connectivity index (χ4n) is 4.34. The first-order valence-corrected chi connectivity index (χ1v) is 14.1. The molecular formula is C29H22ClF2N5O4S. The molecule has 9 nitrogen and oxygen atoms in total. The average molecular weight is 610 g/mol. The Balaban J connectivity index is 1.54. The summed E-state index contributed by atoms with van der Waals surface area (Å²) >= 11 is 6.34. The Morgan fingerprint density at radius 3 is 2.43 bits per heavy atom. The van der Waals surface area contributed by atoms with Crippen LogP contribution in [0.3, 0.4) is 0 Å². The smallest absolute Gasteiger partial charge is 0.264 e. The fourth-order valence-corrected chi connectivity index (χ4v) is 5.72. The van der Waals surface area contributed by atoms with Crippen molar-refractivity contribution in [2.24, 2.45) is 0 Å². The van der Waals surface area contributed by atoms with Crippen molar-refractivity contribution >= 4 is 49.9 Å². The molecule has 0 aliphatic carbocycles. The van der Waals surface area contributed by atoms with Gasteiger partial charge in [-0.2, -0.15) is 0 Å². The maximum Gasteiger partial charge on any atom is 0.264 e. The highest BCUT2D eigenvalue weighted by Gasteiger charge is 2.22. The predicted octanol–water partition coefficient (Wildman–Crippen LogP) is 5.65. The van der Waals surface area contributed by atoms with Gasteiger partial charge in [-0.3, -0.25) is 9.52 Å². The van der Waals surface area contributed by atoms with Gasteiger partial charge >= 0.3 is 0 Å². The largest absolute Gasteiger partial charge is 0.480 e. The lowest BCUT2D eigenvalue weighted by atomic mass is 10.00. The molecule has 0 atom stereocenters.